The zero-order chi connectivity index (χ0) is 17.9. The summed E-state index contributed by atoms with van der Waals surface area (Å²) in [5.74, 6) is 1.49. The Bertz CT molecular complexity index is 902. The first-order chi connectivity index (χ1) is 12.8. The third-order valence-electron chi connectivity index (χ3n) is 4.43. The van der Waals surface area contributed by atoms with Crippen molar-refractivity contribution in [1.29, 1.82) is 0 Å². The number of hydrogen-bond acceptors (Lipinski definition) is 6. The molecule has 1 aliphatic rings. The summed E-state index contributed by atoms with van der Waals surface area (Å²) in [4.78, 5) is 24.7. The monoisotopic (exact) mass is 352 g/mol. The number of anilines is 1. The maximum Gasteiger partial charge on any atom is 0.409 e. The molecule has 1 aliphatic heterocycles. The van der Waals surface area contributed by atoms with Crippen molar-refractivity contribution < 1.29 is 9.53 Å². The maximum atomic E-state index is 11.9. The fraction of sp³-hybridized carbons (Fsp3) is 0.333. The van der Waals surface area contributed by atoms with Gasteiger partial charge in [-0.1, -0.05) is 30.3 Å². The summed E-state index contributed by atoms with van der Waals surface area (Å²) in [6, 6.07) is 12.0. The Hall–Kier alpha value is -3.16. The number of hydrogen-bond donors (Lipinski definition) is 0. The lowest BCUT2D eigenvalue weighted by Crippen LogP contribution is -2.49. The topological polar surface area (TPSA) is 75.9 Å². The van der Waals surface area contributed by atoms with Crippen LogP contribution >= 0.6 is 0 Å². The second-order valence-corrected chi connectivity index (χ2v) is 6.01. The number of benzene rings is 1. The molecule has 8 nitrogen and oxygen atoms in total. The highest BCUT2D eigenvalue weighted by molar-refractivity contribution is 5.69. The van der Waals surface area contributed by atoms with Gasteiger partial charge in [-0.3, -0.25) is 0 Å². The number of carbonyl (C=O) groups is 1. The molecule has 0 bridgehead atoms. The Labute approximate surface area is 151 Å². The molecule has 8 heteroatoms. The predicted octanol–water partition coefficient (Wildman–Crippen LogP) is 2.07. The smallest absolute Gasteiger partial charge is 0.409 e. The number of nitrogens with zero attached hydrogens (tertiary/aromatic N) is 6. The largest absolute Gasteiger partial charge is 0.450 e. The predicted molar refractivity (Wildman–Crippen MR) is 97.0 cm³/mol. The second-order valence-electron chi connectivity index (χ2n) is 6.01. The number of carbonyl (C=O) groups excluding carboxylic acids is 1. The minimum atomic E-state index is -0.252. The van der Waals surface area contributed by atoms with E-state index < -0.39 is 0 Å². The minimum absolute atomic E-state index is 0.252. The van der Waals surface area contributed by atoms with Gasteiger partial charge in [-0.15, -0.1) is 0 Å². The molecular formula is C18H20N6O2. The van der Waals surface area contributed by atoms with Crippen molar-refractivity contribution in [3.05, 3.63) is 42.7 Å². The molecule has 1 aromatic carbocycles. The summed E-state index contributed by atoms with van der Waals surface area (Å²) in [5, 5.41) is 4.31. The Balaban J connectivity index is 1.62. The molecule has 0 saturated carbocycles. The minimum Gasteiger partial charge on any atom is -0.450 e. The summed E-state index contributed by atoms with van der Waals surface area (Å²) in [6.45, 7) is 4.83. The molecule has 2 aromatic heterocycles. The highest BCUT2D eigenvalue weighted by atomic mass is 16.6. The van der Waals surface area contributed by atoms with Crippen LogP contribution in [0.4, 0.5) is 10.6 Å². The Morgan fingerprint density at radius 2 is 1.92 bits per heavy atom. The number of ether oxygens (including phenoxy) is 1. The lowest BCUT2D eigenvalue weighted by Gasteiger charge is -2.35. The molecule has 4 rings (SSSR count). The van der Waals surface area contributed by atoms with Gasteiger partial charge in [0.05, 0.1) is 12.3 Å². The second kappa shape index (κ2) is 6.99. The van der Waals surface area contributed by atoms with E-state index in [9.17, 15) is 4.79 Å². The first-order valence-electron chi connectivity index (χ1n) is 8.69. The fourth-order valence-electron chi connectivity index (χ4n) is 3.11. The number of fused-ring (bicyclic) bond motifs is 1. The molecule has 26 heavy (non-hydrogen) atoms. The summed E-state index contributed by atoms with van der Waals surface area (Å²) >= 11 is 0. The molecule has 1 fully saturated rings. The van der Waals surface area contributed by atoms with Crippen LogP contribution < -0.4 is 4.90 Å². The molecule has 0 aliphatic carbocycles. The first kappa shape index (κ1) is 16.3. The van der Waals surface area contributed by atoms with E-state index in [4.69, 9.17) is 4.74 Å². The molecule has 0 atom stereocenters. The highest BCUT2D eigenvalue weighted by Gasteiger charge is 2.24. The summed E-state index contributed by atoms with van der Waals surface area (Å²) in [5.41, 5.74) is 1.89. The number of aromatic nitrogens is 4. The van der Waals surface area contributed by atoms with E-state index in [1.165, 1.54) is 6.33 Å². The first-order valence-corrected chi connectivity index (χ1v) is 8.69. The van der Waals surface area contributed by atoms with Crippen LogP contribution in [0.5, 0.6) is 0 Å². The Morgan fingerprint density at radius 1 is 1.15 bits per heavy atom. The number of piperazine rings is 1. The highest BCUT2D eigenvalue weighted by Crippen LogP contribution is 2.24. The summed E-state index contributed by atoms with van der Waals surface area (Å²) < 4.78 is 6.83. The Kier molecular flexibility index (Phi) is 4.39. The molecule has 0 radical (unpaired) electrons. The quantitative estimate of drug-likeness (QED) is 0.718. The molecule has 3 heterocycles. The van der Waals surface area contributed by atoms with Crippen LogP contribution in [0, 0.1) is 0 Å². The molecule has 3 aromatic rings. The van der Waals surface area contributed by atoms with Gasteiger partial charge in [0.1, 0.15) is 12.1 Å². The summed E-state index contributed by atoms with van der Waals surface area (Å²) in [6.07, 6.45) is 1.26. The molecule has 0 N–H and O–H groups in total. The van der Waals surface area contributed by atoms with Gasteiger partial charge in [0.15, 0.2) is 0 Å². The third kappa shape index (κ3) is 3.05. The van der Waals surface area contributed by atoms with E-state index in [0.717, 1.165) is 17.1 Å². The van der Waals surface area contributed by atoms with Crippen LogP contribution in [0.25, 0.3) is 17.0 Å². The van der Waals surface area contributed by atoms with Gasteiger partial charge in [0.25, 0.3) is 5.78 Å². The molecule has 1 saturated heterocycles. The SMILES string of the molecule is CCOC(=O)N1CCN(c2cc(-c3ccccc3)nc3ncnn23)CC1. The Morgan fingerprint density at radius 3 is 2.65 bits per heavy atom. The van der Waals surface area contributed by atoms with Gasteiger partial charge in [-0.2, -0.15) is 14.6 Å². The van der Waals surface area contributed by atoms with Crippen LogP contribution in [0.1, 0.15) is 6.92 Å². The summed E-state index contributed by atoms with van der Waals surface area (Å²) in [7, 11) is 0. The normalized spacial score (nSPS) is 14.7. The van der Waals surface area contributed by atoms with Crippen molar-refractivity contribution in [1.82, 2.24) is 24.5 Å². The number of amides is 1. The van der Waals surface area contributed by atoms with Crippen LogP contribution in [0.15, 0.2) is 42.7 Å². The molecule has 0 unspecified atom stereocenters. The van der Waals surface area contributed by atoms with Gasteiger partial charge in [-0.25, -0.2) is 9.78 Å². The van der Waals surface area contributed by atoms with Crippen molar-refractivity contribution in [2.24, 2.45) is 0 Å². The van der Waals surface area contributed by atoms with Crippen LogP contribution in [0.3, 0.4) is 0 Å². The standard InChI is InChI=1S/C18H20N6O2/c1-2-26-18(25)23-10-8-22(9-11-23)16-12-15(14-6-4-3-5-7-14)21-17-19-13-20-24(16)17/h3-7,12-13H,2,8-11H2,1H3. The van der Waals surface area contributed by atoms with E-state index >= 15 is 0 Å². The lowest BCUT2D eigenvalue weighted by molar-refractivity contribution is 0.105. The zero-order valence-electron chi connectivity index (χ0n) is 14.6. The van der Waals surface area contributed by atoms with E-state index in [2.05, 4.69) is 20.0 Å². The average molecular weight is 352 g/mol. The van der Waals surface area contributed by atoms with Crippen LogP contribution in [-0.2, 0) is 4.74 Å². The van der Waals surface area contributed by atoms with Gasteiger partial charge >= 0.3 is 6.09 Å². The lowest BCUT2D eigenvalue weighted by atomic mass is 10.1. The van der Waals surface area contributed by atoms with E-state index in [-0.39, 0.29) is 6.09 Å². The van der Waals surface area contributed by atoms with Crippen LogP contribution in [0.2, 0.25) is 0 Å². The molecular weight excluding hydrogens is 332 g/mol. The average Bonchev–Trinajstić information content (AvgIpc) is 3.17. The van der Waals surface area contributed by atoms with Crippen molar-refractivity contribution in [3.63, 3.8) is 0 Å². The zero-order valence-corrected chi connectivity index (χ0v) is 14.6. The molecule has 1 amide bonds. The van der Waals surface area contributed by atoms with E-state index in [0.29, 0.717) is 38.6 Å². The fourth-order valence-corrected chi connectivity index (χ4v) is 3.11. The molecule has 0 spiro atoms. The van der Waals surface area contributed by atoms with Gasteiger partial charge < -0.3 is 14.5 Å². The van der Waals surface area contributed by atoms with Crippen LogP contribution in [-0.4, -0.2) is 63.4 Å². The van der Waals surface area contributed by atoms with E-state index in [1.54, 1.807) is 9.42 Å². The van der Waals surface area contributed by atoms with Crippen molar-refractivity contribution in [2.45, 2.75) is 6.92 Å². The van der Waals surface area contributed by atoms with Crippen molar-refractivity contribution >= 4 is 17.7 Å². The van der Waals surface area contributed by atoms with Gasteiger partial charge in [-0.05, 0) is 6.92 Å². The van der Waals surface area contributed by atoms with Crippen molar-refractivity contribution in [3.8, 4) is 11.3 Å². The van der Waals surface area contributed by atoms with Crippen molar-refractivity contribution in [2.75, 3.05) is 37.7 Å². The maximum absolute atomic E-state index is 11.9. The van der Waals surface area contributed by atoms with Gasteiger partial charge in [0, 0.05) is 37.8 Å². The number of rotatable bonds is 3. The molecule has 134 valence electrons. The van der Waals surface area contributed by atoms with Gasteiger partial charge in [0.2, 0.25) is 0 Å². The third-order valence-corrected chi connectivity index (χ3v) is 4.43. The van der Waals surface area contributed by atoms with E-state index in [1.807, 2.05) is 43.3 Å².